The van der Waals surface area contributed by atoms with Crippen molar-refractivity contribution < 1.29 is 9.59 Å². The Kier molecular flexibility index (Phi) is 4.45. The Morgan fingerprint density at radius 1 is 1.21 bits per heavy atom. The summed E-state index contributed by atoms with van der Waals surface area (Å²) in [7, 11) is 0. The van der Waals surface area contributed by atoms with Gasteiger partial charge in [0.2, 0.25) is 0 Å². The summed E-state index contributed by atoms with van der Waals surface area (Å²) in [6.45, 7) is 3.82. The van der Waals surface area contributed by atoms with Crippen LogP contribution in [0, 0.1) is 11.8 Å². The van der Waals surface area contributed by atoms with Crippen LogP contribution in [0.2, 0.25) is 0 Å². The number of fused-ring (bicyclic) bond motifs is 4. The highest BCUT2D eigenvalue weighted by Crippen LogP contribution is 2.40. The second kappa shape index (κ2) is 7.13. The van der Waals surface area contributed by atoms with Crippen molar-refractivity contribution in [2.45, 2.75) is 38.6 Å². The Bertz CT molecular complexity index is 943. The van der Waals surface area contributed by atoms with Gasteiger partial charge in [-0.1, -0.05) is 13.0 Å². The molecule has 3 aliphatic rings. The van der Waals surface area contributed by atoms with Crippen molar-refractivity contribution in [2.24, 2.45) is 11.8 Å². The maximum Gasteiger partial charge on any atom is 0.329 e. The van der Waals surface area contributed by atoms with Crippen LogP contribution in [0.3, 0.4) is 0 Å². The number of nitrogens with one attached hydrogen (secondary N) is 1. The van der Waals surface area contributed by atoms with Crippen LogP contribution in [0.25, 0.3) is 0 Å². The van der Waals surface area contributed by atoms with Gasteiger partial charge in [0.15, 0.2) is 11.6 Å². The van der Waals surface area contributed by atoms with E-state index in [1.165, 1.54) is 12.8 Å². The van der Waals surface area contributed by atoms with E-state index in [1.807, 2.05) is 24.3 Å². The molecule has 5 rings (SSSR count). The van der Waals surface area contributed by atoms with Crippen LogP contribution in [0.4, 0.5) is 22.1 Å². The van der Waals surface area contributed by atoms with Crippen molar-refractivity contribution in [1.82, 2.24) is 9.97 Å². The molecule has 1 aliphatic carbocycles. The molecule has 1 saturated heterocycles. The molecule has 2 bridgehead atoms. The van der Waals surface area contributed by atoms with Gasteiger partial charge in [-0.15, -0.1) is 0 Å². The summed E-state index contributed by atoms with van der Waals surface area (Å²) >= 11 is 0. The number of pyridine rings is 2. The van der Waals surface area contributed by atoms with Gasteiger partial charge in [-0.2, -0.15) is 0 Å². The maximum atomic E-state index is 13.1. The summed E-state index contributed by atoms with van der Waals surface area (Å²) in [6.07, 6.45) is 5.50. The number of carbonyl (C=O) groups is 2. The van der Waals surface area contributed by atoms with Gasteiger partial charge < -0.3 is 4.90 Å². The third kappa shape index (κ3) is 3.45. The standard InChI is InChI=1S/C22H25N5O2/c1-14(15-5-6-15)12-19(28)17-7-8-18-21(24-17)27(16-9-11-26(18)13-16)22(29)25-20-4-2-3-10-23-20/h2-4,7-8,10,14-16H,5-6,9,11-13H2,1H3,(H,23,25,29)/t14?,16-/m0/s1. The number of rotatable bonds is 5. The van der Waals surface area contributed by atoms with Crippen molar-refractivity contribution in [3.8, 4) is 0 Å². The summed E-state index contributed by atoms with van der Waals surface area (Å²) in [5.74, 6) is 2.22. The van der Waals surface area contributed by atoms with Gasteiger partial charge in [-0.05, 0) is 55.4 Å². The fourth-order valence-electron chi connectivity index (χ4n) is 4.46. The Hall–Kier alpha value is -2.96. The Balaban J connectivity index is 1.43. The van der Waals surface area contributed by atoms with E-state index in [-0.39, 0.29) is 17.9 Å². The molecular weight excluding hydrogens is 366 g/mol. The van der Waals surface area contributed by atoms with Crippen molar-refractivity contribution in [3.05, 3.63) is 42.2 Å². The fourth-order valence-corrected chi connectivity index (χ4v) is 4.46. The molecule has 4 heterocycles. The van der Waals surface area contributed by atoms with Crippen LogP contribution in [-0.2, 0) is 0 Å². The second-order valence-electron chi connectivity index (χ2n) is 8.38. The quantitative estimate of drug-likeness (QED) is 0.786. The molecule has 2 atom stereocenters. The molecule has 2 aromatic heterocycles. The number of anilines is 3. The predicted octanol–water partition coefficient (Wildman–Crippen LogP) is 3.73. The average Bonchev–Trinajstić information content (AvgIpc) is 3.50. The SMILES string of the molecule is CC(CC(=O)c1ccc2c(n1)N(C(=O)Nc1ccccn1)[C@H]1CCN2C1)C1CC1. The van der Waals surface area contributed by atoms with E-state index in [9.17, 15) is 9.59 Å². The van der Waals surface area contributed by atoms with Crippen LogP contribution < -0.4 is 15.1 Å². The zero-order chi connectivity index (χ0) is 20.0. The zero-order valence-corrected chi connectivity index (χ0v) is 16.5. The largest absolute Gasteiger partial charge is 0.366 e. The van der Waals surface area contributed by atoms with Crippen LogP contribution in [0.15, 0.2) is 36.5 Å². The second-order valence-corrected chi connectivity index (χ2v) is 8.38. The number of nitrogens with zero attached hydrogens (tertiary/aromatic N) is 4. The van der Waals surface area contributed by atoms with Crippen LogP contribution >= 0.6 is 0 Å². The third-order valence-electron chi connectivity index (χ3n) is 6.29. The molecule has 1 unspecified atom stereocenters. The maximum absolute atomic E-state index is 13.1. The van der Waals surface area contributed by atoms with E-state index in [1.54, 1.807) is 17.2 Å². The lowest BCUT2D eigenvalue weighted by atomic mass is 9.98. The molecule has 0 aromatic carbocycles. The number of ketones is 1. The van der Waals surface area contributed by atoms with Crippen molar-refractivity contribution >= 4 is 29.1 Å². The summed E-state index contributed by atoms with van der Waals surface area (Å²) < 4.78 is 0. The molecule has 1 saturated carbocycles. The van der Waals surface area contributed by atoms with Gasteiger partial charge in [-0.25, -0.2) is 14.8 Å². The monoisotopic (exact) mass is 391 g/mol. The van der Waals surface area contributed by atoms with E-state index < -0.39 is 0 Å². The molecule has 150 valence electrons. The number of urea groups is 1. The van der Waals surface area contributed by atoms with Gasteiger partial charge in [-0.3, -0.25) is 15.0 Å². The van der Waals surface area contributed by atoms with Crippen molar-refractivity contribution in [3.63, 3.8) is 0 Å². The number of amides is 2. The Morgan fingerprint density at radius 2 is 2.07 bits per heavy atom. The van der Waals surface area contributed by atoms with Gasteiger partial charge >= 0.3 is 6.03 Å². The number of hydrogen-bond acceptors (Lipinski definition) is 5. The highest BCUT2D eigenvalue weighted by atomic mass is 16.2. The van der Waals surface area contributed by atoms with E-state index in [4.69, 9.17) is 0 Å². The number of carbonyl (C=O) groups excluding carboxylic acids is 2. The minimum atomic E-state index is -0.250. The van der Waals surface area contributed by atoms with E-state index in [0.29, 0.717) is 35.6 Å². The molecule has 1 N–H and O–H groups in total. The van der Waals surface area contributed by atoms with E-state index in [2.05, 4.69) is 27.1 Å². The molecule has 29 heavy (non-hydrogen) atoms. The lowest BCUT2D eigenvalue weighted by Gasteiger charge is -2.35. The molecule has 7 nitrogen and oxygen atoms in total. The summed E-state index contributed by atoms with van der Waals surface area (Å²) in [6, 6.07) is 8.96. The van der Waals surface area contributed by atoms with Gasteiger partial charge in [0.1, 0.15) is 11.5 Å². The van der Waals surface area contributed by atoms with Gasteiger partial charge in [0, 0.05) is 25.7 Å². The minimum absolute atomic E-state index is 0.0504. The lowest BCUT2D eigenvalue weighted by molar-refractivity contribution is 0.0955. The normalized spacial score (nSPS) is 20.9. The topological polar surface area (TPSA) is 78.4 Å². The smallest absolute Gasteiger partial charge is 0.329 e. The summed E-state index contributed by atoms with van der Waals surface area (Å²) in [5, 5.41) is 2.87. The summed E-state index contributed by atoms with van der Waals surface area (Å²) in [5.41, 5.74) is 1.37. The number of aromatic nitrogens is 2. The third-order valence-corrected chi connectivity index (χ3v) is 6.29. The van der Waals surface area contributed by atoms with Crippen LogP contribution in [-0.4, -0.2) is 40.9 Å². The van der Waals surface area contributed by atoms with Crippen molar-refractivity contribution in [2.75, 3.05) is 28.2 Å². The zero-order valence-electron chi connectivity index (χ0n) is 16.5. The number of Topliss-reactive ketones (excluding diaryl/α,β-unsaturated/α-hetero) is 1. The Labute approximate surface area is 170 Å². The molecule has 2 aliphatic heterocycles. The molecular formula is C22H25N5O2. The minimum Gasteiger partial charge on any atom is -0.366 e. The first-order valence-electron chi connectivity index (χ1n) is 10.4. The average molecular weight is 391 g/mol. The number of hydrogen-bond donors (Lipinski definition) is 1. The molecule has 2 fully saturated rings. The first kappa shape index (κ1) is 18.1. The lowest BCUT2D eigenvalue weighted by Crippen LogP contribution is -2.48. The molecule has 2 aromatic rings. The highest BCUT2D eigenvalue weighted by Gasteiger charge is 2.40. The van der Waals surface area contributed by atoms with Crippen molar-refractivity contribution in [1.29, 1.82) is 0 Å². The van der Waals surface area contributed by atoms with Crippen LogP contribution in [0.5, 0.6) is 0 Å². The van der Waals surface area contributed by atoms with E-state index in [0.717, 1.165) is 25.2 Å². The van der Waals surface area contributed by atoms with E-state index >= 15 is 0 Å². The highest BCUT2D eigenvalue weighted by molar-refractivity contribution is 6.05. The molecule has 0 spiro atoms. The molecule has 2 amide bonds. The fraction of sp³-hybridized carbons (Fsp3) is 0.455. The predicted molar refractivity (Wildman–Crippen MR) is 111 cm³/mol. The molecule has 0 radical (unpaired) electrons. The van der Waals surface area contributed by atoms with Crippen LogP contribution in [0.1, 0.15) is 43.1 Å². The first-order valence-corrected chi connectivity index (χ1v) is 10.4. The van der Waals surface area contributed by atoms with Gasteiger partial charge in [0.05, 0.1) is 11.7 Å². The Morgan fingerprint density at radius 3 is 2.83 bits per heavy atom. The first-order chi connectivity index (χ1) is 14.1. The molecule has 7 heteroatoms. The van der Waals surface area contributed by atoms with Gasteiger partial charge in [0.25, 0.3) is 0 Å². The summed E-state index contributed by atoms with van der Waals surface area (Å²) in [4.78, 5) is 38.8.